The highest BCUT2D eigenvalue weighted by atomic mass is 16.1. The topological polar surface area (TPSA) is 94.9 Å². The van der Waals surface area contributed by atoms with Gasteiger partial charge in [-0.15, -0.1) is 0 Å². The first kappa shape index (κ1) is 18.8. The van der Waals surface area contributed by atoms with Gasteiger partial charge in [-0.05, 0) is 55.0 Å². The second kappa shape index (κ2) is 8.60. The number of aromatic nitrogens is 1. The van der Waals surface area contributed by atoms with E-state index in [4.69, 9.17) is 5.26 Å². The third-order valence-corrected chi connectivity index (χ3v) is 4.17. The van der Waals surface area contributed by atoms with Crippen LogP contribution in [0.1, 0.15) is 38.8 Å². The normalized spacial score (nSPS) is 10.0. The lowest BCUT2D eigenvalue weighted by molar-refractivity contribution is 0.101. The minimum Gasteiger partial charge on any atom is -0.380 e. The number of benzene rings is 2. The number of carbonyl (C=O) groups excluding carboxylic acids is 2. The molecule has 3 rings (SSSR count). The van der Waals surface area contributed by atoms with Crippen LogP contribution in [0.15, 0.2) is 67.0 Å². The van der Waals surface area contributed by atoms with Crippen LogP contribution in [0.25, 0.3) is 0 Å². The van der Waals surface area contributed by atoms with Gasteiger partial charge in [0.2, 0.25) is 0 Å². The molecule has 0 bridgehead atoms. The molecule has 1 amide bonds. The molecule has 0 saturated carbocycles. The quantitative estimate of drug-likeness (QED) is 0.639. The summed E-state index contributed by atoms with van der Waals surface area (Å²) in [5.41, 5.74) is 3.85. The number of hydrogen-bond acceptors (Lipinski definition) is 5. The molecular weight excluding hydrogens is 352 g/mol. The Balaban J connectivity index is 1.66. The summed E-state index contributed by atoms with van der Waals surface area (Å²) in [6, 6.07) is 17.7. The standard InChI is InChI=1S/C22H18N4O2/c1-15(27)20-7-4-17(13-23)12-21(20)25-14-16-2-5-19(6-3-16)26-22(28)18-8-10-24-11-9-18/h2-12,25H,14H2,1H3,(H,26,28). The van der Waals surface area contributed by atoms with Gasteiger partial charge < -0.3 is 10.6 Å². The predicted octanol–water partition coefficient (Wildman–Crippen LogP) is 4.02. The van der Waals surface area contributed by atoms with E-state index in [2.05, 4.69) is 21.7 Å². The number of nitrogens with zero attached hydrogens (tertiary/aromatic N) is 2. The van der Waals surface area contributed by atoms with Crippen molar-refractivity contribution in [3.8, 4) is 6.07 Å². The molecule has 0 saturated heterocycles. The molecule has 0 unspecified atom stereocenters. The van der Waals surface area contributed by atoms with Crippen molar-refractivity contribution >= 4 is 23.1 Å². The lowest BCUT2D eigenvalue weighted by Crippen LogP contribution is -2.11. The molecule has 0 aliphatic heterocycles. The van der Waals surface area contributed by atoms with E-state index in [9.17, 15) is 9.59 Å². The maximum atomic E-state index is 12.2. The van der Waals surface area contributed by atoms with Crippen molar-refractivity contribution in [2.75, 3.05) is 10.6 Å². The lowest BCUT2D eigenvalue weighted by Gasteiger charge is -2.11. The van der Waals surface area contributed by atoms with Gasteiger partial charge in [0.15, 0.2) is 5.78 Å². The SMILES string of the molecule is CC(=O)c1ccc(C#N)cc1NCc1ccc(NC(=O)c2ccncc2)cc1. The highest BCUT2D eigenvalue weighted by Crippen LogP contribution is 2.20. The maximum absolute atomic E-state index is 12.2. The first-order valence-corrected chi connectivity index (χ1v) is 8.66. The number of ketones is 1. The molecule has 0 aliphatic rings. The van der Waals surface area contributed by atoms with E-state index in [0.29, 0.717) is 34.6 Å². The van der Waals surface area contributed by atoms with Gasteiger partial charge in [0.05, 0.1) is 11.6 Å². The van der Waals surface area contributed by atoms with Crippen LogP contribution >= 0.6 is 0 Å². The van der Waals surface area contributed by atoms with E-state index in [0.717, 1.165) is 5.56 Å². The van der Waals surface area contributed by atoms with Crippen LogP contribution in [0, 0.1) is 11.3 Å². The fourth-order valence-electron chi connectivity index (χ4n) is 2.68. The van der Waals surface area contributed by atoms with E-state index < -0.39 is 0 Å². The summed E-state index contributed by atoms with van der Waals surface area (Å²) in [4.78, 5) is 27.8. The van der Waals surface area contributed by atoms with E-state index in [1.165, 1.54) is 6.92 Å². The molecule has 0 aliphatic carbocycles. The Hall–Kier alpha value is -3.98. The number of nitriles is 1. The van der Waals surface area contributed by atoms with Gasteiger partial charge in [-0.3, -0.25) is 14.6 Å². The van der Waals surface area contributed by atoms with Crippen LogP contribution in [0.4, 0.5) is 11.4 Å². The van der Waals surface area contributed by atoms with Crippen molar-refractivity contribution in [1.29, 1.82) is 5.26 Å². The minimum absolute atomic E-state index is 0.0684. The van der Waals surface area contributed by atoms with Crippen LogP contribution in [0.5, 0.6) is 0 Å². The molecule has 1 aromatic heterocycles. The number of carbonyl (C=O) groups is 2. The molecule has 0 radical (unpaired) electrons. The fourth-order valence-corrected chi connectivity index (χ4v) is 2.68. The monoisotopic (exact) mass is 370 g/mol. The van der Waals surface area contributed by atoms with E-state index in [-0.39, 0.29) is 11.7 Å². The summed E-state index contributed by atoms with van der Waals surface area (Å²) >= 11 is 0. The smallest absolute Gasteiger partial charge is 0.255 e. The summed E-state index contributed by atoms with van der Waals surface area (Å²) in [6.07, 6.45) is 3.14. The summed E-state index contributed by atoms with van der Waals surface area (Å²) in [5.74, 6) is -0.270. The van der Waals surface area contributed by atoms with Crippen molar-refractivity contribution in [3.63, 3.8) is 0 Å². The average molecular weight is 370 g/mol. The van der Waals surface area contributed by atoms with E-state index in [1.807, 2.05) is 24.3 Å². The van der Waals surface area contributed by atoms with E-state index >= 15 is 0 Å². The Morgan fingerprint density at radius 2 is 1.75 bits per heavy atom. The summed E-state index contributed by atoms with van der Waals surface area (Å²) in [7, 11) is 0. The Labute approximate surface area is 162 Å². The van der Waals surface area contributed by atoms with Gasteiger partial charge in [-0.2, -0.15) is 5.26 Å². The second-order valence-electron chi connectivity index (χ2n) is 6.17. The number of nitrogens with one attached hydrogen (secondary N) is 2. The van der Waals surface area contributed by atoms with Crippen LogP contribution in [0.2, 0.25) is 0 Å². The molecule has 0 spiro atoms. The summed E-state index contributed by atoms with van der Waals surface area (Å²) in [6.45, 7) is 1.97. The van der Waals surface area contributed by atoms with Crippen molar-refractivity contribution in [2.45, 2.75) is 13.5 Å². The Morgan fingerprint density at radius 1 is 1.04 bits per heavy atom. The zero-order valence-corrected chi connectivity index (χ0v) is 15.3. The third kappa shape index (κ3) is 4.59. The van der Waals surface area contributed by atoms with Gasteiger partial charge in [-0.1, -0.05) is 12.1 Å². The number of amides is 1. The predicted molar refractivity (Wildman–Crippen MR) is 107 cm³/mol. The highest BCUT2D eigenvalue weighted by molar-refractivity contribution is 6.04. The van der Waals surface area contributed by atoms with Crippen molar-refractivity contribution < 1.29 is 9.59 Å². The Morgan fingerprint density at radius 3 is 2.39 bits per heavy atom. The number of pyridine rings is 1. The van der Waals surface area contributed by atoms with Gasteiger partial charge in [0.1, 0.15) is 0 Å². The first-order valence-electron chi connectivity index (χ1n) is 8.66. The minimum atomic E-state index is -0.201. The molecule has 0 atom stereocenters. The number of hydrogen-bond donors (Lipinski definition) is 2. The van der Waals surface area contributed by atoms with E-state index in [1.54, 1.807) is 42.7 Å². The number of rotatable bonds is 6. The molecule has 3 aromatic rings. The molecule has 138 valence electrons. The number of anilines is 2. The third-order valence-electron chi connectivity index (χ3n) is 4.17. The number of Topliss-reactive ketones (excluding diaryl/α,β-unsaturated/α-hetero) is 1. The zero-order chi connectivity index (χ0) is 19.9. The highest BCUT2D eigenvalue weighted by Gasteiger charge is 2.09. The molecule has 0 fully saturated rings. The Bertz CT molecular complexity index is 1040. The second-order valence-corrected chi connectivity index (χ2v) is 6.17. The van der Waals surface area contributed by atoms with Crippen LogP contribution in [-0.2, 0) is 6.54 Å². The van der Waals surface area contributed by atoms with Crippen LogP contribution < -0.4 is 10.6 Å². The molecule has 6 heteroatoms. The molecule has 1 heterocycles. The first-order chi connectivity index (χ1) is 13.6. The Kier molecular flexibility index (Phi) is 5.78. The molecular formula is C22H18N4O2. The molecule has 2 N–H and O–H groups in total. The largest absolute Gasteiger partial charge is 0.380 e. The molecule has 6 nitrogen and oxygen atoms in total. The zero-order valence-electron chi connectivity index (χ0n) is 15.3. The molecule has 28 heavy (non-hydrogen) atoms. The lowest BCUT2D eigenvalue weighted by atomic mass is 10.1. The maximum Gasteiger partial charge on any atom is 0.255 e. The van der Waals surface area contributed by atoms with Crippen LogP contribution in [0.3, 0.4) is 0 Å². The average Bonchev–Trinajstić information content (AvgIpc) is 2.73. The fraction of sp³-hybridized carbons (Fsp3) is 0.0909. The summed E-state index contributed by atoms with van der Waals surface area (Å²) < 4.78 is 0. The van der Waals surface area contributed by atoms with Crippen LogP contribution in [-0.4, -0.2) is 16.7 Å². The summed E-state index contributed by atoms with van der Waals surface area (Å²) in [5, 5.41) is 15.1. The van der Waals surface area contributed by atoms with Gasteiger partial charge in [-0.25, -0.2) is 0 Å². The van der Waals surface area contributed by atoms with Crippen molar-refractivity contribution in [3.05, 3.63) is 89.2 Å². The molecule has 2 aromatic carbocycles. The van der Waals surface area contributed by atoms with Crippen molar-refractivity contribution in [1.82, 2.24) is 4.98 Å². The van der Waals surface area contributed by atoms with Gasteiger partial charge >= 0.3 is 0 Å². The van der Waals surface area contributed by atoms with Gasteiger partial charge in [0.25, 0.3) is 5.91 Å². The van der Waals surface area contributed by atoms with Gasteiger partial charge in [0, 0.05) is 41.4 Å². The van der Waals surface area contributed by atoms with Crippen molar-refractivity contribution in [2.24, 2.45) is 0 Å².